The van der Waals surface area contributed by atoms with Crippen molar-refractivity contribution >= 4 is 38.3 Å². The molecule has 0 bridgehead atoms. The van der Waals surface area contributed by atoms with Gasteiger partial charge in [0.05, 0.1) is 11.9 Å². The first kappa shape index (κ1) is 13.8. The van der Waals surface area contributed by atoms with Crippen LogP contribution in [0.2, 0.25) is 0 Å². The molecule has 1 N–H and O–H groups in total. The summed E-state index contributed by atoms with van der Waals surface area (Å²) >= 11 is 4.67. The van der Waals surface area contributed by atoms with E-state index in [0.29, 0.717) is 5.13 Å². The Kier molecular flexibility index (Phi) is 3.76. The highest BCUT2D eigenvalue weighted by Gasteiger charge is 2.13. The summed E-state index contributed by atoms with van der Waals surface area (Å²) in [7, 11) is 0. The molecule has 3 rings (SSSR count). The number of hydrogen-bond acceptors (Lipinski definition) is 6. The second kappa shape index (κ2) is 5.70. The highest BCUT2D eigenvalue weighted by Crippen LogP contribution is 2.16. The third kappa shape index (κ3) is 3.14. The van der Waals surface area contributed by atoms with Crippen LogP contribution in [0.15, 0.2) is 34.9 Å². The number of carbonyl (C=O) groups is 1. The molecular formula is C12H9BrN6OS. The number of rotatable bonds is 3. The van der Waals surface area contributed by atoms with Crippen LogP contribution in [0.5, 0.6) is 0 Å². The minimum absolute atomic E-state index is 0.214. The van der Waals surface area contributed by atoms with Gasteiger partial charge in [0.2, 0.25) is 5.13 Å². The summed E-state index contributed by atoms with van der Waals surface area (Å²) in [6.07, 6.45) is 1.56. The van der Waals surface area contributed by atoms with Crippen LogP contribution in [0, 0.1) is 6.92 Å². The molecule has 2 heterocycles. The SMILES string of the molecule is Cc1nnc(NC(=O)c2cn(-c3ccc(Br)cc3)nn2)s1. The molecule has 106 valence electrons. The minimum Gasteiger partial charge on any atom is -0.295 e. The van der Waals surface area contributed by atoms with Crippen LogP contribution in [0.3, 0.4) is 0 Å². The number of halogens is 1. The van der Waals surface area contributed by atoms with Gasteiger partial charge in [-0.3, -0.25) is 10.1 Å². The number of hydrogen-bond donors (Lipinski definition) is 1. The molecule has 3 aromatic rings. The van der Waals surface area contributed by atoms with Crippen LogP contribution in [-0.2, 0) is 0 Å². The lowest BCUT2D eigenvalue weighted by Gasteiger charge is -1.99. The predicted octanol–water partition coefficient (Wildman–Crippen LogP) is 2.44. The number of aromatic nitrogens is 5. The zero-order valence-corrected chi connectivity index (χ0v) is 13.2. The fourth-order valence-electron chi connectivity index (χ4n) is 1.60. The Labute approximate surface area is 132 Å². The number of nitrogens with zero attached hydrogens (tertiary/aromatic N) is 5. The van der Waals surface area contributed by atoms with Crippen molar-refractivity contribution < 1.29 is 4.79 Å². The van der Waals surface area contributed by atoms with E-state index in [2.05, 4.69) is 41.8 Å². The zero-order chi connectivity index (χ0) is 14.8. The standard InChI is InChI=1S/C12H9BrN6OS/c1-7-15-17-12(21-7)14-11(20)10-6-19(18-16-10)9-4-2-8(13)3-5-9/h2-6H,1H3,(H,14,17,20). The highest BCUT2D eigenvalue weighted by atomic mass is 79.9. The fraction of sp³-hybridized carbons (Fsp3) is 0.0833. The van der Waals surface area contributed by atoms with Gasteiger partial charge in [0.1, 0.15) is 5.01 Å². The molecule has 0 aliphatic carbocycles. The Morgan fingerprint density at radius 1 is 1.24 bits per heavy atom. The Hall–Kier alpha value is -2.13. The summed E-state index contributed by atoms with van der Waals surface area (Å²) in [5.41, 5.74) is 1.03. The smallest absolute Gasteiger partial charge is 0.279 e. The second-order valence-corrected chi connectivity index (χ2v) is 6.20. The molecule has 0 unspecified atom stereocenters. The molecule has 1 amide bonds. The minimum atomic E-state index is -0.366. The lowest BCUT2D eigenvalue weighted by molar-refractivity contribution is 0.102. The zero-order valence-electron chi connectivity index (χ0n) is 10.8. The molecule has 9 heteroatoms. The third-order valence-electron chi connectivity index (χ3n) is 2.56. The number of nitrogens with one attached hydrogen (secondary N) is 1. The number of amides is 1. The van der Waals surface area contributed by atoms with Crippen molar-refractivity contribution in [3.63, 3.8) is 0 Å². The average molecular weight is 365 g/mol. The van der Waals surface area contributed by atoms with Crippen molar-refractivity contribution in [2.45, 2.75) is 6.92 Å². The van der Waals surface area contributed by atoms with Crippen LogP contribution < -0.4 is 5.32 Å². The maximum absolute atomic E-state index is 12.0. The van der Waals surface area contributed by atoms with Gasteiger partial charge in [0.15, 0.2) is 5.69 Å². The maximum Gasteiger partial charge on any atom is 0.279 e. The Bertz CT molecular complexity index is 781. The Morgan fingerprint density at radius 3 is 2.67 bits per heavy atom. The van der Waals surface area contributed by atoms with Gasteiger partial charge in [-0.15, -0.1) is 15.3 Å². The highest BCUT2D eigenvalue weighted by molar-refractivity contribution is 9.10. The normalized spacial score (nSPS) is 10.6. The van der Waals surface area contributed by atoms with E-state index < -0.39 is 0 Å². The third-order valence-corrected chi connectivity index (χ3v) is 3.85. The molecule has 7 nitrogen and oxygen atoms in total. The van der Waals surface area contributed by atoms with Gasteiger partial charge in [0.25, 0.3) is 5.91 Å². The van der Waals surface area contributed by atoms with Crippen LogP contribution in [-0.4, -0.2) is 31.1 Å². The molecule has 0 aliphatic heterocycles. The molecule has 0 saturated heterocycles. The van der Waals surface area contributed by atoms with Crippen LogP contribution in [0.25, 0.3) is 5.69 Å². The van der Waals surface area contributed by atoms with Crippen LogP contribution >= 0.6 is 27.3 Å². The van der Waals surface area contributed by atoms with Gasteiger partial charge in [0, 0.05) is 4.47 Å². The number of anilines is 1. The monoisotopic (exact) mass is 364 g/mol. The first-order valence-electron chi connectivity index (χ1n) is 5.91. The quantitative estimate of drug-likeness (QED) is 0.771. The first-order valence-corrected chi connectivity index (χ1v) is 7.52. The molecule has 2 aromatic heterocycles. The van der Waals surface area contributed by atoms with E-state index in [1.165, 1.54) is 16.0 Å². The van der Waals surface area contributed by atoms with Gasteiger partial charge < -0.3 is 0 Å². The van der Waals surface area contributed by atoms with Gasteiger partial charge in [-0.1, -0.05) is 32.5 Å². The van der Waals surface area contributed by atoms with Crippen molar-refractivity contribution in [3.8, 4) is 5.69 Å². The molecule has 0 saturated carbocycles. The molecule has 0 radical (unpaired) electrons. The molecule has 1 aromatic carbocycles. The molecule has 0 atom stereocenters. The van der Waals surface area contributed by atoms with Gasteiger partial charge in [-0.2, -0.15) is 0 Å². The molecule has 0 aliphatic rings. The van der Waals surface area contributed by atoms with Crippen molar-refractivity contribution in [1.82, 2.24) is 25.2 Å². The maximum atomic E-state index is 12.0. The van der Waals surface area contributed by atoms with Gasteiger partial charge in [-0.05, 0) is 31.2 Å². The second-order valence-electron chi connectivity index (χ2n) is 4.11. The first-order chi connectivity index (χ1) is 10.1. The van der Waals surface area contributed by atoms with Crippen molar-refractivity contribution in [2.75, 3.05) is 5.32 Å². The van der Waals surface area contributed by atoms with Gasteiger partial charge >= 0.3 is 0 Å². The number of carbonyl (C=O) groups excluding carboxylic acids is 1. The van der Waals surface area contributed by atoms with E-state index in [4.69, 9.17) is 0 Å². The van der Waals surface area contributed by atoms with Crippen molar-refractivity contribution in [3.05, 3.63) is 45.6 Å². The van der Waals surface area contributed by atoms with Crippen LogP contribution in [0.1, 0.15) is 15.5 Å². The summed E-state index contributed by atoms with van der Waals surface area (Å²) < 4.78 is 2.50. The summed E-state index contributed by atoms with van der Waals surface area (Å²) in [5.74, 6) is -0.366. The largest absolute Gasteiger partial charge is 0.295 e. The number of benzene rings is 1. The predicted molar refractivity (Wildman–Crippen MR) is 81.7 cm³/mol. The topological polar surface area (TPSA) is 85.6 Å². The van der Waals surface area contributed by atoms with E-state index in [0.717, 1.165) is 15.2 Å². The van der Waals surface area contributed by atoms with Gasteiger partial charge in [-0.25, -0.2) is 4.68 Å². The molecule has 0 spiro atoms. The number of aryl methyl sites for hydroxylation is 1. The van der Waals surface area contributed by atoms with E-state index in [1.807, 2.05) is 31.2 Å². The van der Waals surface area contributed by atoms with E-state index in [9.17, 15) is 4.79 Å². The van der Waals surface area contributed by atoms with E-state index in [1.54, 1.807) is 6.20 Å². The van der Waals surface area contributed by atoms with Crippen LogP contribution in [0.4, 0.5) is 5.13 Å². The lowest BCUT2D eigenvalue weighted by Crippen LogP contribution is -2.12. The fourth-order valence-corrected chi connectivity index (χ4v) is 2.45. The Balaban J connectivity index is 1.78. The molecule has 21 heavy (non-hydrogen) atoms. The summed E-state index contributed by atoms with van der Waals surface area (Å²) in [5, 5.41) is 19.3. The average Bonchev–Trinajstić information content (AvgIpc) is 3.09. The Morgan fingerprint density at radius 2 is 2.00 bits per heavy atom. The molecule has 0 fully saturated rings. The summed E-state index contributed by atoms with van der Waals surface area (Å²) in [4.78, 5) is 12.0. The van der Waals surface area contributed by atoms with E-state index in [-0.39, 0.29) is 11.6 Å². The summed E-state index contributed by atoms with van der Waals surface area (Å²) in [6.45, 7) is 1.82. The lowest BCUT2D eigenvalue weighted by atomic mass is 10.3. The van der Waals surface area contributed by atoms with E-state index >= 15 is 0 Å². The summed E-state index contributed by atoms with van der Waals surface area (Å²) in [6, 6.07) is 7.52. The van der Waals surface area contributed by atoms with Crippen molar-refractivity contribution in [1.29, 1.82) is 0 Å². The van der Waals surface area contributed by atoms with Crippen molar-refractivity contribution in [2.24, 2.45) is 0 Å². The molecular weight excluding hydrogens is 356 g/mol.